The highest BCUT2D eigenvalue weighted by molar-refractivity contribution is 7.99. The van der Waals surface area contributed by atoms with Crippen molar-refractivity contribution in [3.05, 3.63) is 106 Å². The molecule has 1 amide bonds. The summed E-state index contributed by atoms with van der Waals surface area (Å²) in [6.45, 7) is 2.69. The van der Waals surface area contributed by atoms with Crippen LogP contribution in [0, 0.1) is 12.7 Å². The van der Waals surface area contributed by atoms with Crippen molar-refractivity contribution in [2.24, 2.45) is 0 Å². The van der Waals surface area contributed by atoms with E-state index >= 15 is 0 Å². The maximum atomic E-state index is 13.2. The molecule has 3 aromatic carbocycles. The Labute approximate surface area is 189 Å². The number of halogens is 1. The lowest BCUT2D eigenvalue weighted by atomic mass is 10.1. The van der Waals surface area contributed by atoms with E-state index in [1.807, 2.05) is 43.3 Å². The summed E-state index contributed by atoms with van der Waals surface area (Å²) >= 11 is 1.22. The third-order valence-electron chi connectivity index (χ3n) is 5.02. The van der Waals surface area contributed by atoms with Gasteiger partial charge in [-0.15, -0.1) is 0 Å². The van der Waals surface area contributed by atoms with Crippen LogP contribution in [0.5, 0.6) is 0 Å². The van der Waals surface area contributed by atoms with Crippen LogP contribution in [-0.4, -0.2) is 21.2 Å². The molecule has 0 spiro atoms. The van der Waals surface area contributed by atoms with E-state index in [0.717, 1.165) is 16.7 Å². The zero-order chi connectivity index (χ0) is 22.5. The first-order valence-corrected chi connectivity index (χ1v) is 11.2. The molecule has 1 N–H and O–H groups in total. The first kappa shape index (κ1) is 21.8. The number of benzene rings is 3. The second-order valence-corrected chi connectivity index (χ2v) is 8.42. The Morgan fingerprint density at radius 1 is 1.00 bits per heavy atom. The number of nitrogens with one attached hydrogen (secondary N) is 1. The lowest BCUT2D eigenvalue weighted by Crippen LogP contribution is -2.27. The third kappa shape index (κ3) is 5.23. The lowest BCUT2D eigenvalue weighted by molar-refractivity contribution is -0.118. The molecule has 0 atom stereocenters. The van der Waals surface area contributed by atoms with Gasteiger partial charge in [0.2, 0.25) is 5.91 Å². The average molecular weight is 448 g/mol. The number of hydrogen-bond acceptors (Lipinski definition) is 4. The van der Waals surface area contributed by atoms with Gasteiger partial charge in [0.25, 0.3) is 5.56 Å². The number of aryl methyl sites for hydroxylation is 1. The van der Waals surface area contributed by atoms with Crippen molar-refractivity contribution in [2.45, 2.75) is 25.2 Å². The van der Waals surface area contributed by atoms with E-state index in [1.165, 1.54) is 23.9 Å². The molecule has 0 fully saturated rings. The third-order valence-corrected chi connectivity index (χ3v) is 6.00. The Balaban J connectivity index is 1.53. The molecule has 32 heavy (non-hydrogen) atoms. The lowest BCUT2D eigenvalue weighted by Gasteiger charge is -2.13. The van der Waals surface area contributed by atoms with Crippen LogP contribution in [-0.2, 0) is 17.9 Å². The predicted molar refractivity (Wildman–Crippen MR) is 125 cm³/mol. The van der Waals surface area contributed by atoms with Crippen molar-refractivity contribution in [1.82, 2.24) is 14.9 Å². The van der Waals surface area contributed by atoms with E-state index in [9.17, 15) is 14.0 Å². The first-order chi connectivity index (χ1) is 15.5. The summed E-state index contributed by atoms with van der Waals surface area (Å²) in [4.78, 5) is 30.2. The molecule has 162 valence electrons. The summed E-state index contributed by atoms with van der Waals surface area (Å²) in [6, 6.07) is 21.2. The number of carbonyl (C=O) groups excluding carboxylic acids is 1. The Morgan fingerprint density at radius 3 is 2.44 bits per heavy atom. The molecule has 1 heterocycles. The van der Waals surface area contributed by atoms with Crippen LogP contribution in [0.15, 0.2) is 82.7 Å². The maximum Gasteiger partial charge on any atom is 0.262 e. The molecule has 0 aliphatic rings. The fourth-order valence-electron chi connectivity index (χ4n) is 3.26. The van der Waals surface area contributed by atoms with E-state index in [-0.39, 0.29) is 23.0 Å². The van der Waals surface area contributed by atoms with Crippen LogP contribution in [0.4, 0.5) is 4.39 Å². The predicted octanol–water partition coefficient (Wildman–Crippen LogP) is 4.30. The van der Waals surface area contributed by atoms with Crippen molar-refractivity contribution < 1.29 is 9.18 Å². The molecule has 4 rings (SSSR count). The second-order valence-electron chi connectivity index (χ2n) is 7.48. The number of para-hydroxylation sites is 1. The molecule has 0 aliphatic carbocycles. The van der Waals surface area contributed by atoms with Crippen molar-refractivity contribution in [3.8, 4) is 0 Å². The summed E-state index contributed by atoms with van der Waals surface area (Å²) in [7, 11) is 0. The Hall–Kier alpha value is -3.45. The molecular formula is C25H22FN3O2S. The number of rotatable bonds is 7. The second kappa shape index (κ2) is 9.78. The fraction of sp³-hybridized carbons (Fsp3) is 0.160. The summed E-state index contributed by atoms with van der Waals surface area (Å²) < 4.78 is 14.6. The molecule has 0 radical (unpaired) electrons. The highest BCUT2D eigenvalue weighted by atomic mass is 32.2. The SMILES string of the molecule is Cc1ccc(Cn2c(SCC(=O)NCc3ccc(F)cc3)nc3ccccc3c2=O)cc1. The van der Waals surface area contributed by atoms with Gasteiger partial charge in [-0.05, 0) is 42.3 Å². The Morgan fingerprint density at radius 2 is 1.69 bits per heavy atom. The quantitative estimate of drug-likeness (QED) is 0.339. The molecule has 4 aromatic rings. The smallest absolute Gasteiger partial charge is 0.262 e. The van der Waals surface area contributed by atoms with Crippen molar-refractivity contribution in [1.29, 1.82) is 0 Å². The minimum atomic E-state index is -0.315. The topological polar surface area (TPSA) is 64.0 Å². The van der Waals surface area contributed by atoms with Crippen LogP contribution < -0.4 is 10.9 Å². The number of aromatic nitrogens is 2. The zero-order valence-electron chi connectivity index (χ0n) is 17.5. The van der Waals surface area contributed by atoms with Crippen LogP contribution in [0.1, 0.15) is 16.7 Å². The van der Waals surface area contributed by atoms with Gasteiger partial charge in [0, 0.05) is 6.54 Å². The molecule has 5 nitrogen and oxygen atoms in total. The largest absolute Gasteiger partial charge is 0.351 e. The van der Waals surface area contributed by atoms with Crippen LogP contribution >= 0.6 is 11.8 Å². The fourth-order valence-corrected chi connectivity index (χ4v) is 4.09. The molecule has 1 aromatic heterocycles. The number of thioether (sulfide) groups is 1. The summed E-state index contributed by atoms with van der Waals surface area (Å²) in [5, 5.41) is 3.86. The van der Waals surface area contributed by atoms with Gasteiger partial charge in [-0.25, -0.2) is 9.37 Å². The van der Waals surface area contributed by atoms with E-state index in [1.54, 1.807) is 28.8 Å². The van der Waals surface area contributed by atoms with Gasteiger partial charge in [-0.2, -0.15) is 0 Å². The molecule has 0 saturated heterocycles. The average Bonchev–Trinajstić information content (AvgIpc) is 2.80. The van der Waals surface area contributed by atoms with Crippen LogP contribution in [0.25, 0.3) is 10.9 Å². The van der Waals surface area contributed by atoms with Gasteiger partial charge in [-0.3, -0.25) is 14.2 Å². The molecule has 0 bridgehead atoms. The summed E-state index contributed by atoms with van der Waals surface area (Å²) in [6.07, 6.45) is 0. The van der Waals surface area contributed by atoms with Gasteiger partial charge < -0.3 is 5.32 Å². The minimum Gasteiger partial charge on any atom is -0.351 e. The summed E-state index contributed by atoms with van der Waals surface area (Å²) in [5.74, 6) is -0.395. The van der Waals surface area contributed by atoms with Crippen LogP contribution in [0.2, 0.25) is 0 Å². The van der Waals surface area contributed by atoms with E-state index in [2.05, 4.69) is 10.3 Å². The monoisotopic (exact) mass is 447 g/mol. The maximum absolute atomic E-state index is 13.2. The van der Waals surface area contributed by atoms with Gasteiger partial charge in [-0.1, -0.05) is 65.9 Å². The highest BCUT2D eigenvalue weighted by Crippen LogP contribution is 2.19. The van der Waals surface area contributed by atoms with E-state index < -0.39 is 0 Å². The van der Waals surface area contributed by atoms with E-state index in [0.29, 0.717) is 29.1 Å². The molecule has 0 unspecified atom stereocenters. The van der Waals surface area contributed by atoms with Crippen molar-refractivity contribution >= 4 is 28.6 Å². The molecule has 7 heteroatoms. The number of hydrogen-bond donors (Lipinski definition) is 1. The minimum absolute atomic E-state index is 0.111. The Kier molecular flexibility index (Phi) is 6.66. The summed E-state index contributed by atoms with van der Waals surface area (Å²) in [5.41, 5.74) is 3.41. The molecule has 0 saturated carbocycles. The van der Waals surface area contributed by atoms with Gasteiger partial charge in [0.1, 0.15) is 5.82 Å². The molecular weight excluding hydrogens is 425 g/mol. The first-order valence-electron chi connectivity index (χ1n) is 10.2. The highest BCUT2D eigenvalue weighted by Gasteiger charge is 2.14. The molecule has 0 aliphatic heterocycles. The number of carbonyl (C=O) groups is 1. The van der Waals surface area contributed by atoms with Gasteiger partial charge in [0.15, 0.2) is 5.16 Å². The number of amides is 1. The zero-order valence-corrected chi connectivity index (χ0v) is 18.4. The number of nitrogens with zero attached hydrogens (tertiary/aromatic N) is 2. The van der Waals surface area contributed by atoms with Crippen molar-refractivity contribution in [2.75, 3.05) is 5.75 Å². The number of fused-ring (bicyclic) bond motifs is 1. The van der Waals surface area contributed by atoms with E-state index in [4.69, 9.17) is 0 Å². The van der Waals surface area contributed by atoms with Crippen LogP contribution in [0.3, 0.4) is 0 Å². The van der Waals surface area contributed by atoms with Gasteiger partial charge >= 0.3 is 0 Å². The van der Waals surface area contributed by atoms with Crippen molar-refractivity contribution in [3.63, 3.8) is 0 Å². The normalized spacial score (nSPS) is 10.9. The standard InChI is InChI=1S/C25H22FN3O2S/c1-17-6-8-19(9-7-17)15-29-24(31)21-4-2-3-5-22(21)28-25(29)32-16-23(30)27-14-18-10-12-20(26)13-11-18/h2-13H,14-16H2,1H3,(H,27,30). The van der Waals surface area contributed by atoms with Gasteiger partial charge in [0.05, 0.1) is 23.2 Å². The Bertz CT molecular complexity index is 1300.